The maximum Gasteiger partial charge on any atom is 0.330 e. The Labute approximate surface area is 92.1 Å². The first-order chi connectivity index (χ1) is 6.89. The molecular formula is C12H21NO2. The van der Waals surface area contributed by atoms with Crippen molar-refractivity contribution in [3.8, 4) is 0 Å². The lowest BCUT2D eigenvalue weighted by Crippen LogP contribution is -2.56. The summed E-state index contributed by atoms with van der Waals surface area (Å²) >= 11 is 0. The van der Waals surface area contributed by atoms with Gasteiger partial charge in [-0.25, -0.2) is 4.79 Å². The van der Waals surface area contributed by atoms with E-state index in [2.05, 4.69) is 39.3 Å². The average molecular weight is 211 g/mol. The fourth-order valence-corrected chi connectivity index (χ4v) is 2.02. The SMILES string of the molecule is C=CC(=O)OC1CCN(C)C(C)(C)C1C. The average Bonchev–Trinajstić information content (AvgIpc) is 2.19. The Hall–Kier alpha value is -0.830. The first-order valence-corrected chi connectivity index (χ1v) is 5.44. The van der Waals surface area contributed by atoms with Gasteiger partial charge in [0.2, 0.25) is 0 Å². The Morgan fingerprint density at radius 2 is 2.20 bits per heavy atom. The number of ether oxygens (including phenoxy) is 1. The molecule has 1 heterocycles. The van der Waals surface area contributed by atoms with Gasteiger partial charge in [-0.05, 0) is 27.3 Å². The van der Waals surface area contributed by atoms with E-state index in [-0.39, 0.29) is 17.6 Å². The fraction of sp³-hybridized carbons (Fsp3) is 0.750. The summed E-state index contributed by atoms with van der Waals surface area (Å²) in [6.07, 6.45) is 2.15. The van der Waals surface area contributed by atoms with E-state index in [4.69, 9.17) is 4.74 Å². The molecule has 0 radical (unpaired) electrons. The molecule has 1 saturated heterocycles. The van der Waals surface area contributed by atoms with Gasteiger partial charge in [-0.3, -0.25) is 0 Å². The number of piperidine rings is 1. The highest BCUT2D eigenvalue weighted by atomic mass is 16.5. The van der Waals surface area contributed by atoms with Crippen molar-refractivity contribution in [2.45, 2.75) is 38.8 Å². The van der Waals surface area contributed by atoms with Crippen LogP contribution in [0.25, 0.3) is 0 Å². The van der Waals surface area contributed by atoms with Gasteiger partial charge in [0.15, 0.2) is 0 Å². The highest BCUT2D eigenvalue weighted by Gasteiger charge is 2.41. The van der Waals surface area contributed by atoms with Gasteiger partial charge in [0.1, 0.15) is 6.10 Å². The highest BCUT2D eigenvalue weighted by Crippen LogP contribution is 2.33. The number of nitrogens with zero attached hydrogens (tertiary/aromatic N) is 1. The lowest BCUT2D eigenvalue weighted by atomic mass is 9.79. The van der Waals surface area contributed by atoms with E-state index in [1.165, 1.54) is 6.08 Å². The van der Waals surface area contributed by atoms with Crippen LogP contribution in [0.2, 0.25) is 0 Å². The topological polar surface area (TPSA) is 29.5 Å². The zero-order chi connectivity index (χ0) is 11.6. The summed E-state index contributed by atoms with van der Waals surface area (Å²) in [7, 11) is 2.11. The molecular weight excluding hydrogens is 190 g/mol. The molecule has 0 aliphatic carbocycles. The summed E-state index contributed by atoms with van der Waals surface area (Å²) in [6, 6.07) is 0. The Bertz CT molecular complexity index is 260. The molecule has 0 aromatic carbocycles. The van der Waals surface area contributed by atoms with Gasteiger partial charge in [0.05, 0.1) is 0 Å². The molecule has 3 nitrogen and oxygen atoms in total. The summed E-state index contributed by atoms with van der Waals surface area (Å²) in [6.45, 7) is 10.9. The van der Waals surface area contributed by atoms with Crippen LogP contribution < -0.4 is 0 Å². The zero-order valence-electron chi connectivity index (χ0n) is 10.1. The summed E-state index contributed by atoms with van der Waals surface area (Å²) in [4.78, 5) is 13.5. The van der Waals surface area contributed by atoms with E-state index in [1.54, 1.807) is 0 Å². The quantitative estimate of drug-likeness (QED) is 0.515. The maximum atomic E-state index is 11.2. The summed E-state index contributed by atoms with van der Waals surface area (Å²) in [5.41, 5.74) is 0.0738. The molecule has 0 spiro atoms. The van der Waals surface area contributed by atoms with Crippen molar-refractivity contribution >= 4 is 5.97 Å². The summed E-state index contributed by atoms with van der Waals surface area (Å²) in [5, 5.41) is 0. The van der Waals surface area contributed by atoms with Crippen LogP contribution in [0.15, 0.2) is 12.7 Å². The second-order valence-corrected chi connectivity index (χ2v) is 4.83. The van der Waals surface area contributed by atoms with Crippen molar-refractivity contribution in [3.05, 3.63) is 12.7 Å². The van der Waals surface area contributed by atoms with Crippen LogP contribution in [0, 0.1) is 5.92 Å². The van der Waals surface area contributed by atoms with E-state index in [0.717, 1.165) is 13.0 Å². The third kappa shape index (κ3) is 2.40. The van der Waals surface area contributed by atoms with E-state index in [1.807, 2.05) is 0 Å². The normalized spacial score (nSPS) is 30.9. The number of carbonyl (C=O) groups is 1. The molecule has 1 aliphatic rings. The summed E-state index contributed by atoms with van der Waals surface area (Å²) < 4.78 is 5.35. The molecule has 2 unspecified atom stereocenters. The van der Waals surface area contributed by atoms with Crippen molar-refractivity contribution in [2.75, 3.05) is 13.6 Å². The number of carbonyl (C=O) groups excluding carboxylic acids is 1. The van der Waals surface area contributed by atoms with Crippen LogP contribution in [0.5, 0.6) is 0 Å². The van der Waals surface area contributed by atoms with Gasteiger partial charge in [-0.2, -0.15) is 0 Å². The van der Waals surface area contributed by atoms with Crippen molar-refractivity contribution in [3.63, 3.8) is 0 Å². The predicted molar refractivity (Wildman–Crippen MR) is 60.6 cm³/mol. The maximum absolute atomic E-state index is 11.2. The zero-order valence-corrected chi connectivity index (χ0v) is 10.1. The third-order valence-electron chi connectivity index (χ3n) is 3.84. The largest absolute Gasteiger partial charge is 0.459 e. The molecule has 1 rings (SSSR count). The van der Waals surface area contributed by atoms with Crippen LogP contribution in [0.3, 0.4) is 0 Å². The Balaban J connectivity index is 2.69. The van der Waals surface area contributed by atoms with Crippen LogP contribution >= 0.6 is 0 Å². The molecule has 3 heteroatoms. The Morgan fingerprint density at radius 3 is 2.73 bits per heavy atom. The lowest BCUT2D eigenvalue weighted by molar-refractivity contribution is -0.153. The minimum atomic E-state index is -0.313. The van der Waals surface area contributed by atoms with Crippen LogP contribution in [-0.2, 0) is 9.53 Å². The molecule has 0 N–H and O–H groups in total. The summed E-state index contributed by atoms with van der Waals surface area (Å²) in [5.74, 6) is 0.0207. The second kappa shape index (κ2) is 4.35. The van der Waals surface area contributed by atoms with Crippen LogP contribution in [-0.4, -0.2) is 36.1 Å². The minimum absolute atomic E-state index is 0.0155. The highest BCUT2D eigenvalue weighted by molar-refractivity contribution is 5.81. The van der Waals surface area contributed by atoms with Crippen molar-refractivity contribution in [2.24, 2.45) is 5.92 Å². The molecule has 0 bridgehead atoms. The number of hydrogen-bond donors (Lipinski definition) is 0. The molecule has 1 aliphatic heterocycles. The lowest BCUT2D eigenvalue weighted by Gasteiger charge is -2.48. The number of hydrogen-bond acceptors (Lipinski definition) is 3. The van der Waals surface area contributed by atoms with Crippen molar-refractivity contribution in [1.29, 1.82) is 0 Å². The van der Waals surface area contributed by atoms with E-state index in [0.29, 0.717) is 5.92 Å². The standard InChI is InChI=1S/C12H21NO2/c1-6-11(14)15-10-7-8-13(5)12(3,4)9(10)2/h6,9-10H,1,7-8H2,2-5H3. The molecule has 0 aromatic heterocycles. The molecule has 0 aromatic rings. The molecule has 15 heavy (non-hydrogen) atoms. The van der Waals surface area contributed by atoms with Gasteiger partial charge in [0.25, 0.3) is 0 Å². The van der Waals surface area contributed by atoms with Gasteiger partial charge < -0.3 is 9.64 Å². The third-order valence-corrected chi connectivity index (χ3v) is 3.84. The van der Waals surface area contributed by atoms with Crippen LogP contribution in [0.1, 0.15) is 27.2 Å². The monoisotopic (exact) mass is 211 g/mol. The van der Waals surface area contributed by atoms with Crippen molar-refractivity contribution < 1.29 is 9.53 Å². The molecule has 86 valence electrons. The number of esters is 1. The van der Waals surface area contributed by atoms with Gasteiger partial charge in [0, 0.05) is 24.1 Å². The molecule has 1 fully saturated rings. The first kappa shape index (κ1) is 12.2. The van der Waals surface area contributed by atoms with E-state index in [9.17, 15) is 4.79 Å². The minimum Gasteiger partial charge on any atom is -0.459 e. The van der Waals surface area contributed by atoms with Gasteiger partial charge >= 0.3 is 5.97 Å². The smallest absolute Gasteiger partial charge is 0.330 e. The molecule has 2 atom stereocenters. The van der Waals surface area contributed by atoms with Gasteiger partial charge in [-0.1, -0.05) is 13.5 Å². The Kier molecular flexibility index (Phi) is 3.55. The molecule has 0 amide bonds. The second-order valence-electron chi connectivity index (χ2n) is 4.83. The first-order valence-electron chi connectivity index (χ1n) is 5.44. The van der Waals surface area contributed by atoms with E-state index < -0.39 is 0 Å². The van der Waals surface area contributed by atoms with Crippen molar-refractivity contribution in [1.82, 2.24) is 4.90 Å². The fourth-order valence-electron chi connectivity index (χ4n) is 2.02. The predicted octanol–water partition coefficient (Wildman–Crippen LogP) is 1.83. The van der Waals surface area contributed by atoms with E-state index >= 15 is 0 Å². The van der Waals surface area contributed by atoms with Gasteiger partial charge in [-0.15, -0.1) is 0 Å². The number of likely N-dealkylation sites (tertiary alicyclic amines) is 1. The Morgan fingerprint density at radius 1 is 1.60 bits per heavy atom. The number of rotatable bonds is 2. The van der Waals surface area contributed by atoms with Crippen LogP contribution in [0.4, 0.5) is 0 Å². The molecule has 0 saturated carbocycles.